The molecule has 0 aliphatic carbocycles. The Balaban J connectivity index is 1.47. The van der Waals surface area contributed by atoms with Crippen molar-refractivity contribution in [2.45, 2.75) is 32.2 Å². The molecule has 27 heavy (non-hydrogen) atoms. The van der Waals surface area contributed by atoms with E-state index in [1.54, 1.807) is 4.31 Å². The second-order valence-electron chi connectivity index (χ2n) is 7.80. The topological polar surface area (TPSA) is 71.5 Å². The van der Waals surface area contributed by atoms with Crippen LogP contribution in [0.15, 0.2) is 36.5 Å². The molecule has 0 saturated carbocycles. The molecule has 146 valence electrons. The zero-order valence-corrected chi connectivity index (χ0v) is 16.5. The number of piperidine rings is 1. The van der Waals surface area contributed by atoms with Crippen LogP contribution in [0.5, 0.6) is 0 Å². The van der Waals surface area contributed by atoms with Gasteiger partial charge in [0.2, 0.25) is 0 Å². The Morgan fingerprint density at radius 2 is 1.96 bits per heavy atom. The molecule has 0 amide bonds. The lowest BCUT2D eigenvalue weighted by atomic mass is 9.93. The molecule has 2 aliphatic heterocycles. The van der Waals surface area contributed by atoms with Crippen molar-refractivity contribution in [3.05, 3.63) is 42.1 Å². The van der Waals surface area contributed by atoms with E-state index in [0.717, 1.165) is 30.2 Å². The summed E-state index contributed by atoms with van der Waals surface area (Å²) < 4.78 is 35.8. The first-order chi connectivity index (χ1) is 13.0. The lowest BCUT2D eigenvalue weighted by molar-refractivity contribution is 0.183. The average molecular weight is 390 g/mol. The van der Waals surface area contributed by atoms with E-state index in [9.17, 15) is 8.42 Å². The fraction of sp³-hybridized carbons (Fsp3) is 0.550. The van der Waals surface area contributed by atoms with E-state index < -0.39 is 10.2 Å². The standard InChI is InChI=1S/C20H27N3O3S/c1-15-7-10-23(11-8-15)27(24,25)22-20-14-26-13-17(20)12-16-6-9-21-19-5-3-2-4-18(16)19/h2-6,9,15,17,20,22H,7-8,10-14H2,1H3/t17-,20+/m1/s1. The minimum Gasteiger partial charge on any atom is -0.379 e. The Labute approximate surface area is 161 Å². The van der Waals surface area contributed by atoms with Gasteiger partial charge in [-0.2, -0.15) is 17.4 Å². The minimum atomic E-state index is -3.47. The van der Waals surface area contributed by atoms with Gasteiger partial charge in [-0.15, -0.1) is 0 Å². The maximum absolute atomic E-state index is 12.8. The SMILES string of the molecule is CC1CCN(S(=O)(=O)N[C@H]2COC[C@H]2Cc2ccnc3ccccc23)CC1. The highest BCUT2D eigenvalue weighted by molar-refractivity contribution is 7.87. The van der Waals surface area contributed by atoms with Crippen LogP contribution in [0, 0.1) is 11.8 Å². The third-order valence-corrected chi connectivity index (χ3v) is 7.45. The van der Waals surface area contributed by atoms with Gasteiger partial charge < -0.3 is 4.74 Å². The largest absolute Gasteiger partial charge is 0.379 e. The van der Waals surface area contributed by atoms with Gasteiger partial charge in [0.25, 0.3) is 10.2 Å². The Hall–Kier alpha value is -1.54. The van der Waals surface area contributed by atoms with Gasteiger partial charge in [0.15, 0.2) is 0 Å². The molecular weight excluding hydrogens is 362 g/mol. The summed E-state index contributed by atoms with van der Waals surface area (Å²) in [5.74, 6) is 0.716. The van der Waals surface area contributed by atoms with Crippen molar-refractivity contribution in [2.24, 2.45) is 11.8 Å². The van der Waals surface area contributed by atoms with E-state index in [2.05, 4.69) is 22.7 Å². The Bertz CT molecular complexity index is 889. The number of ether oxygens (including phenoxy) is 1. The van der Waals surface area contributed by atoms with Gasteiger partial charge in [-0.3, -0.25) is 4.98 Å². The number of nitrogens with one attached hydrogen (secondary N) is 1. The van der Waals surface area contributed by atoms with Crippen LogP contribution >= 0.6 is 0 Å². The van der Waals surface area contributed by atoms with Crippen molar-refractivity contribution in [1.82, 2.24) is 14.0 Å². The summed E-state index contributed by atoms with van der Waals surface area (Å²) in [4.78, 5) is 4.41. The first-order valence-corrected chi connectivity index (χ1v) is 11.1. The first-order valence-electron chi connectivity index (χ1n) is 9.71. The number of rotatable bonds is 5. The van der Waals surface area contributed by atoms with Crippen molar-refractivity contribution in [3.63, 3.8) is 0 Å². The fourth-order valence-electron chi connectivity index (χ4n) is 4.04. The Kier molecular flexibility index (Phi) is 5.45. The van der Waals surface area contributed by atoms with E-state index in [0.29, 0.717) is 32.2 Å². The average Bonchev–Trinajstić information content (AvgIpc) is 3.08. The predicted molar refractivity (Wildman–Crippen MR) is 106 cm³/mol. The number of benzene rings is 1. The van der Waals surface area contributed by atoms with Gasteiger partial charge in [0.05, 0.1) is 24.8 Å². The summed E-state index contributed by atoms with van der Waals surface area (Å²) in [6.45, 7) is 4.38. The predicted octanol–water partition coefficient (Wildman–Crippen LogP) is 2.36. The molecule has 0 spiro atoms. The maximum Gasteiger partial charge on any atom is 0.279 e. The second-order valence-corrected chi connectivity index (χ2v) is 9.50. The van der Waals surface area contributed by atoms with Crippen LogP contribution in [0.25, 0.3) is 10.9 Å². The van der Waals surface area contributed by atoms with Crippen LogP contribution in [0.2, 0.25) is 0 Å². The van der Waals surface area contributed by atoms with E-state index >= 15 is 0 Å². The Morgan fingerprint density at radius 3 is 2.78 bits per heavy atom. The molecule has 3 heterocycles. The highest BCUT2D eigenvalue weighted by atomic mass is 32.2. The van der Waals surface area contributed by atoms with Crippen molar-refractivity contribution >= 4 is 21.1 Å². The lowest BCUT2D eigenvalue weighted by Gasteiger charge is -2.31. The molecule has 0 unspecified atom stereocenters. The molecule has 1 N–H and O–H groups in total. The first kappa shape index (κ1) is 18.8. The highest BCUT2D eigenvalue weighted by Crippen LogP contribution is 2.25. The molecule has 0 radical (unpaired) electrons. The molecule has 2 fully saturated rings. The van der Waals surface area contributed by atoms with Crippen molar-refractivity contribution < 1.29 is 13.2 Å². The van der Waals surface area contributed by atoms with E-state index in [-0.39, 0.29) is 12.0 Å². The second kappa shape index (κ2) is 7.83. The molecule has 4 rings (SSSR count). The van der Waals surface area contributed by atoms with Crippen molar-refractivity contribution in [1.29, 1.82) is 0 Å². The van der Waals surface area contributed by atoms with Gasteiger partial charge in [-0.1, -0.05) is 25.1 Å². The molecule has 1 aromatic heterocycles. The van der Waals surface area contributed by atoms with Gasteiger partial charge in [0, 0.05) is 30.6 Å². The molecule has 2 aliphatic rings. The molecule has 7 heteroatoms. The van der Waals surface area contributed by atoms with Gasteiger partial charge >= 0.3 is 0 Å². The number of fused-ring (bicyclic) bond motifs is 1. The molecule has 2 atom stereocenters. The summed E-state index contributed by atoms with van der Waals surface area (Å²) in [5.41, 5.74) is 2.15. The zero-order valence-electron chi connectivity index (χ0n) is 15.7. The number of aromatic nitrogens is 1. The Morgan fingerprint density at radius 1 is 1.19 bits per heavy atom. The van der Waals surface area contributed by atoms with Crippen molar-refractivity contribution in [2.75, 3.05) is 26.3 Å². The van der Waals surface area contributed by atoms with Crippen LogP contribution in [-0.4, -0.2) is 50.1 Å². The molecule has 0 bridgehead atoms. The van der Waals surface area contributed by atoms with Crippen LogP contribution in [0.1, 0.15) is 25.3 Å². The molecule has 6 nitrogen and oxygen atoms in total. The third-order valence-electron chi connectivity index (χ3n) is 5.80. The van der Waals surface area contributed by atoms with Crippen LogP contribution in [0.3, 0.4) is 0 Å². The highest BCUT2D eigenvalue weighted by Gasteiger charge is 2.35. The summed E-state index contributed by atoms with van der Waals surface area (Å²) in [6.07, 6.45) is 4.44. The number of pyridine rings is 1. The summed E-state index contributed by atoms with van der Waals surface area (Å²) in [5, 5.41) is 1.12. The molecular formula is C20H27N3O3S. The van der Waals surface area contributed by atoms with Gasteiger partial charge in [-0.05, 0) is 42.9 Å². The van der Waals surface area contributed by atoms with E-state index in [1.165, 1.54) is 5.56 Å². The quantitative estimate of drug-likeness (QED) is 0.852. The fourth-order valence-corrected chi connectivity index (χ4v) is 5.52. The molecule has 2 saturated heterocycles. The maximum atomic E-state index is 12.8. The summed E-state index contributed by atoms with van der Waals surface area (Å²) in [7, 11) is -3.47. The van der Waals surface area contributed by atoms with E-state index in [4.69, 9.17) is 4.74 Å². The van der Waals surface area contributed by atoms with Crippen LogP contribution in [0.4, 0.5) is 0 Å². The van der Waals surface area contributed by atoms with E-state index in [1.807, 2.05) is 30.5 Å². The third kappa shape index (κ3) is 4.16. The van der Waals surface area contributed by atoms with Crippen molar-refractivity contribution in [3.8, 4) is 0 Å². The summed E-state index contributed by atoms with van der Waals surface area (Å²) in [6, 6.07) is 9.90. The number of para-hydroxylation sites is 1. The van der Waals surface area contributed by atoms with Gasteiger partial charge in [0.1, 0.15) is 0 Å². The lowest BCUT2D eigenvalue weighted by Crippen LogP contribution is -2.50. The van der Waals surface area contributed by atoms with Crippen LogP contribution < -0.4 is 4.72 Å². The van der Waals surface area contributed by atoms with Crippen LogP contribution in [-0.2, 0) is 21.4 Å². The zero-order chi connectivity index (χ0) is 18.9. The summed E-state index contributed by atoms with van der Waals surface area (Å²) >= 11 is 0. The number of hydrogen-bond donors (Lipinski definition) is 1. The molecule has 1 aromatic carbocycles. The number of nitrogens with zero attached hydrogens (tertiary/aromatic N) is 2. The normalized spacial score (nSPS) is 25.2. The monoisotopic (exact) mass is 389 g/mol. The van der Waals surface area contributed by atoms with Gasteiger partial charge in [-0.25, -0.2) is 0 Å². The number of hydrogen-bond acceptors (Lipinski definition) is 4. The smallest absolute Gasteiger partial charge is 0.279 e. The minimum absolute atomic E-state index is 0.120. The molecule has 2 aromatic rings.